The van der Waals surface area contributed by atoms with Crippen molar-refractivity contribution in [3.8, 4) is 11.5 Å². The summed E-state index contributed by atoms with van der Waals surface area (Å²) >= 11 is 0. The second-order valence-electron chi connectivity index (χ2n) is 5.64. The molecule has 0 bridgehead atoms. The molecule has 0 aliphatic carbocycles. The Morgan fingerprint density at radius 3 is 2.41 bits per heavy atom. The molecule has 0 saturated carbocycles. The van der Waals surface area contributed by atoms with Crippen molar-refractivity contribution in [2.75, 3.05) is 0 Å². The van der Waals surface area contributed by atoms with Crippen LogP contribution in [-0.4, -0.2) is 38.0 Å². The minimum Gasteiger partial charge on any atom is -0.339 e. The highest BCUT2D eigenvalue weighted by molar-refractivity contribution is 6.20. The van der Waals surface area contributed by atoms with Crippen LogP contribution in [0, 0.1) is 0 Å². The second-order valence-corrected chi connectivity index (χ2v) is 5.64. The molecule has 9 heteroatoms. The minimum atomic E-state index is -0.762. The van der Waals surface area contributed by atoms with Gasteiger partial charge in [0.15, 0.2) is 0 Å². The van der Waals surface area contributed by atoms with E-state index in [4.69, 9.17) is 9.36 Å². The van der Waals surface area contributed by atoms with E-state index in [2.05, 4.69) is 15.1 Å². The Balaban J connectivity index is 1.37. The zero-order valence-corrected chi connectivity index (χ0v) is 13.9. The molecule has 0 radical (unpaired) electrons. The first kappa shape index (κ1) is 16.6. The van der Waals surface area contributed by atoms with Gasteiger partial charge in [-0.05, 0) is 24.3 Å². The average molecular weight is 364 g/mol. The summed E-state index contributed by atoms with van der Waals surface area (Å²) in [6.07, 6.45) is 1.56. The van der Waals surface area contributed by atoms with E-state index in [0.29, 0.717) is 16.6 Å². The van der Waals surface area contributed by atoms with Gasteiger partial charge in [0.05, 0.1) is 17.5 Å². The van der Waals surface area contributed by atoms with E-state index in [-0.39, 0.29) is 29.9 Å². The lowest BCUT2D eigenvalue weighted by atomic mass is 10.1. The molecule has 1 aliphatic heterocycles. The number of rotatable bonds is 5. The van der Waals surface area contributed by atoms with E-state index in [1.54, 1.807) is 36.5 Å². The molecule has 27 heavy (non-hydrogen) atoms. The van der Waals surface area contributed by atoms with Gasteiger partial charge in [0, 0.05) is 12.6 Å². The van der Waals surface area contributed by atoms with Crippen LogP contribution in [0.4, 0.5) is 0 Å². The molecule has 0 N–H and O–H groups in total. The number of aromatic nitrogens is 3. The molecule has 0 atom stereocenters. The average Bonchev–Trinajstić information content (AvgIpc) is 3.27. The van der Waals surface area contributed by atoms with Crippen molar-refractivity contribution in [3.63, 3.8) is 0 Å². The lowest BCUT2D eigenvalue weighted by molar-refractivity contribution is -0.168. The van der Waals surface area contributed by atoms with Crippen molar-refractivity contribution in [2.24, 2.45) is 0 Å². The van der Waals surface area contributed by atoms with Crippen LogP contribution >= 0.6 is 0 Å². The number of amides is 2. The van der Waals surface area contributed by atoms with Gasteiger partial charge in [-0.2, -0.15) is 4.98 Å². The minimum absolute atomic E-state index is 0.0990. The maximum atomic E-state index is 12.2. The van der Waals surface area contributed by atoms with Gasteiger partial charge < -0.3 is 9.36 Å². The number of benzene rings is 1. The number of hydroxylamine groups is 2. The van der Waals surface area contributed by atoms with Gasteiger partial charge in [0.25, 0.3) is 11.8 Å². The van der Waals surface area contributed by atoms with Crippen LogP contribution in [0.3, 0.4) is 0 Å². The van der Waals surface area contributed by atoms with Gasteiger partial charge >= 0.3 is 5.97 Å². The molecular weight excluding hydrogens is 352 g/mol. The smallest absolute Gasteiger partial charge is 0.333 e. The number of fused-ring (bicyclic) bond motifs is 1. The molecular formula is C18H12N4O5. The fraction of sp³-hybridized carbons (Fsp3) is 0.111. The summed E-state index contributed by atoms with van der Waals surface area (Å²) < 4.78 is 5.08. The van der Waals surface area contributed by atoms with Crippen molar-refractivity contribution in [1.29, 1.82) is 0 Å². The molecule has 0 fully saturated rings. The summed E-state index contributed by atoms with van der Waals surface area (Å²) in [6, 6.07) is 11.5. The van der Waals surface area contributed by atoms with E-state index >= 15 is 0 Å². The zero-order chi connectivity index (χ0) is 18.8. The van der Waals surface area contributed by atoms with Crippen LogP contribution in [0.15, 0.2) is 53.2 Å². The molecule has 1 aliphatic rings. The van der Waals surface area contributed by atoms with Crippen molar-refractivity contribution in [3.05, 3.63) is 65.7 Å². The fourth-order valence-electron chi connectivity index (χ4n) is 2.56. The summed E-state index contributed by atoms with van der Waals surface area (Å²) in [6.45, 7) is 0. The molecule has 0 unspecified atom stereocenters. The predicted octanol–water partition coefficient (Wildman–Crippen LogP) is 1.82. The molecule has 1 aromatic carbocycles. The lowest BCUT2D eigenvalue weighted by Crippen LogP contribution is -2.32. The second kappa shape index (κ2) is 6.79. The quantitative estimate of drug-likeness (QED) is 0.630. The molecule has 2 aromatic heterocycles. The molecule has 9 nitrogen and oxygen atoms in total. The van der Waals surface area contributed by atoms with Gasteiger partial charge in [-0.25, -0.2) is 4.79 Å². The van der Waals surface area contributed by atoms with Gasteiger partial charge in [-0.3, -0.25) is 14.6 Å². The van der Waals surface area contributed by atoms with Gasteiger partial charge in [-0.15, -0.1) is 0 Å². The number of nitrogens with zero attached hydrogens (tertiary/aromatic N) is 4. The normalized spacial score (nSPS) is 13.0. The van der Waals surface area contributed by atoms with Crippen molar-refractivity contribution < 1.29 is 23.7 Å². The van der Waals surface area contributed by atoms with Crippen LogP contribution in [0.1, 0.15) is 33.0 Å². The number of hydrogen-bond donors (Lipinski definition) is 0. The van der Waals surface area contributed by atoms with Gasteiger partial charge in [0.1, 0.15) is 5.69 Å². The van der Waals surface area contributed by atoms with E-state index in [1.165, 1.54) is 12.1 Å². The first-order valence-electron chi connectivity index (χ1n) is 8.06. The zero-order valence-electron chi connectivity index (χ0n) is 13.9. The Morgan fingerprint density at radius 2 is 1.74 bits per heavy atom. The molecule has 3 heterocycles. The first-order chi connectivity index (χ1) is 13.1. The molecule has 0 spiro atoms. The van der Waals surface area contributed by atoms with Crippen molar-refractivity contribution in [1.82, 2.24) is 20.2 Å². The number of aryl methyl sites for hydroxylation is 1. The maximum Gasteiger partial charge on any atom is 0.333 e. The van der Waals surface area contributed by atoms with Crippen LogP contribution in [0.25, 0.3) is 11.5 Å². The Labute approximate surface area is 152 Å². The Hall–Kier alpha value is -3.88. The van der Waals surface area contributed by atoms with E-state index in [1.807, 2.05) is 0 Å². The maximum absolute atomic E-state index is 12.2. The summed E-state index contributed by atoms with van der Waals surface area (Å²) in [4.78, 5) is 49.5. The van der Waals surface area contributed by atoms with Crippen molar-refractivity contribution >= 4 is 17.8 Å². The third-order valence-corrected chi connectivity index (χ3v) is 3.85. The SMILES string of the molecule is O=C(CCc1nc(-c2ccccn2)no1)ON1C(=O)c2ccccc2C1=O. The van der Waals surface area contributed by atoms with Crippen LogP contribution in [-0.2, 0) is 16.1 Å². The van der Waals surface area contributed by atoms with Crippen LogP contribution in [0.5, 0.6) is 0 Å². The fourth-order valence-corrected chi connectivity index (χ4v) is 2.56. The van der Waals surface area contributed by atoms with E-state index in [0.717, 1.165) is 0 Å². The number of carbonyl (C=O) groups excluding carboxylic acids is 3. The highest BCUT2D eigenvalue weighted by Crippen LogP contribution is 2.23. The van der Waals surface area contributed by atoms with Gasteiger partial charge in [-0.1, -0.05) is 28.4 Å². The standard InChI is InChI=1S/C18H12N4O5/c23-15(27-22-17(24)11-5-1-2-6-12(11)18(22)25)9-8-14-20-16(21-26-14)13-7-3-4-10-19-13/h1-7,10H,8-9H2. The highest BCUT2D eigenvalue weighted by atomic mass is 16.7. The number of pyridine rings is 1. The topological polar surface area (TPSA) is 115 Å². The molecule has 134 valence electrons. The van der Waals surface area contributed by atoms with Crippen molar-refractivity contribution in [2.45, 2.75) is 12.8 Å². The molecule has 2 amide bonds. The summed E-state index contributed by atoms with van der Waals surface area (Å²) in [5, 5.41) is 4.27. The Bertz CT molecular complexity index is 996. The Kier molecular flexibility index (Phi) is 4.17. The van der Waals surface area contributed by atoms with Crippen LogP contribution in [0.2, 0.25) is 0 Å². The highest BCUT2D eigenvalue weighted by Gasteiger charge is 2.38. The largest absolute Gasteiger partial charge is 0.339 e. The summed E-state index contributed by atoms with van der Waals surface area (Å²) in [5.74, 6) is -1.57. The Morgan fingerprint density at radius 1 is 1.04 bits per heavy atom. The summed E-state index contributed by atoms with van der Waals surface area (Å²) in [5.41, 5.74) is 0.945. The molecule has 3 aromatic rings. The summed E-state index contributed by atoms with van der Waals surface area (Å²) in [7, 11) is 0. The molecule has 0 saturated heterocycles. The monoisotopic (exact) mass is 364 g/mol. The lowest BCUT2D eigenvalue weighted by Gasteiger charge is -2.12. The first-order valence-corrected chi connectivity index (χ1v) is 8.06. The number of carbonyl (C=O) groups is 3. The molecule has 4 rings (SSSR count). The number of imide groups is 1. The third-order valence-electron chi connectivity index (χ3n) is 3.85. The van der Waals surface area contributed by atoms with E-state index < -0.39 is 17.8 Å². The van der Waals surface area contributed by atoms with Crippen LogP contribution < -0.4 is 0 Å². The van der Waals surface area contributed by atoms with E-state index in [9.17, 15) is 14.4 Å². The number of hydrogen-bond acceptors (Lipinski definition) is 8. The third kappa shape index (κ3) is 3.17. The van der Waals surface area contributed by atoms with Gasteiger partial charge in [0.2, 0.25) is 11.7 Å². The predicted molar refractivity (Wildman–Crippen MR) is 88.9 cm³/mol.